The summed E-state index contributed by atoms with van der Waals surface area (Å²) in [5.74, 6) is 1.56. The minimum absolute atomic E-state index is 0.780. The Bertz CT molecular complexity index is 467. The maximum atomic E-state index is 5.92. The first-order valence-electron chi connectivity index (χ1n) is 9.53. The number of benzene rings is 1. The molecule has 1 aromatic carbocycles. The summed E-state index contributed by atoms with van der Waals surface area (Å²) in [6.07, 6.45) is 12.9. The third-order valence-electron chi connectivity index (χ3n) is 4.17. The van der Waals surface area contributed by atoms with Crippen molar-refractivity contribution in [3.05, 3.63) is 47.9 Å². The van der Waals surface area contributed by atoms with Gasteiger partial charge in [-0.3, -0.25) is 0 Å². The van der Waals surface area contributed by atoms with Crippen molar-refractivity contribution in [2.24, 2.45) is 0 Å². The molecule has 1 rings (SSSR count). The first-order chi connectivity index (χ1) is 11.7. The molecule has 0 radical (unpaired) electrons. The van der Waals surface area contributed by atoms with Crippen LogP contribution in [0.3, 0.4) is 0 Å². The molecule has 0 spiro atoms. The molecular formula is C22H34O2. The van der Waals surface area contributed by atoms with E-state index in [4.69, 9.17) is 9.47 Å². The number of unbranched alkanes of at least 4 members (excludes halogenated alkanes) is 2. The summed E-state index contributed by atoms with van der Waals surface area (Å²) in [4.78, 5) is 0. The van der Waals surface area contributed by atoms with Crippen molar-refractivity contribution in [1.82, 2.24) is 0 Å². The maximum Gasteiger partial charge on any atom is 0.168 e. The summed E-state index contributed by atoms with van der Waals surface area (Å²) in [7, 11) is 0. The standard InChI is InChI=1S/C22H34O2/c1-5-9-13-19(7-3)17-23-21-15-11-12-16-22(21)24-18-20(8-4)14-10-6-2/h11-12,15-18H,5-10,13-14H2,1-4H3. The van der Waals surface area contributed by atoms with E-state index in [9.17, 15) is 0 Å². The number of hydrogen-bond donors (Lipinski definition) is 0. The second-order valence-electron chi connectivity index (χ2n) is 6.15. The lowest BCUT2D eigenvalue weighted by atomic mass is 10.1. The molecule has 0 saturated heterocycles. The van der Waals surface area contributed by atoms with Gasteiger partial charge >= 0.3 is 0 Å². The number of allylic oxidation sites excluding steroid dienone is 2. The summed E-state index contributed by atoms with van der Waals surface area (Å²) in [5.41, 5.74) is 2.69. The van der Waals surface area contributed by atoms with Crippen molar-refractivity contribution in [2.45, 2.75) is 79.1 Å². The van der Waals surface area contributed by atoms with Gasteiger partial charge in [0.05, 0.1) is 12.5 Å². The van der Waals surface area contributed by atoms with E-state index in [1.165, 1.54) is 36.8 Å². The predicted molar refractivity (Wildman–Crippen MR) is 103 cm³/mol. The minimum atomic E-state index is 0.780. The van der Waals surface area contributed by atoms with Crippen LogP contribution in [0.5, 0.6) is 11.5 Å². The SMILES string of the molecule is CCCCC(=COc1ccccc1OC=C(CC)CCCC)CC. The van der Waals surface area contributed by atoms with Gasteiger partial charge in [0.1, 0.15) is 0 Å². The van der Waals surface area contributed by atoms with Gasteiger partial charge in [0, 0.05) is 0 Å². The topological polar surface area (TPSA) is 18.5 Å². The predicted octanol–water partition coefficient (Wildman–Crippen LogP) is 7.41. The van der Waals surface area contributed by atoms with E-state index in [0.29, 0.717) is 0 Å². The molecule has 0 heterocycles. The fourth-order valence-electron chi connectivity index (χ4n) is 2.38. The van der Waals surface area contributed by atoms with Gasteiger partial charge in [-0.1, -0.05) is 52.7 Å². The Balaban J connectivity index is 2.76. The van der Waals surface area contributed by atoms with Gasteiger partial charge in [0.15, 0.2) is 11.5 Å². The molecule has 0 fully saturated rings. The molecule has 0 unspecified atom stereocenters. The van der Waals surface area contributed by atoms with Crippen LogP contribution < -0.4 is 9.47 Å². The fraction of sp³-hybridized carbons (Fsp3) is 0.545. The molecule has 0 aliphatic rings. The van der Waals surface area contributed by atoms with Crippen LogP contribution in [0.2, 0.25) is 0 Å². The number of hydrogen-bond acceptors (Lipinski definition) is 2. The molecule has 0 N–H and O–H groups in total. The Hall–Kier alpha value is -1.70. The first-order valence-corrected chi connectivity index (χ1v) is 9.53. The highest BCUT2D eigenvalue weighted by Crippen LogP contribution is 2.28. The van der Waals surface area contributed by atoms with Crippen molar-refractivity contribution in [1.29, 1.82) is 0 Å². The summed E-state index contributed by atoms with van der Waals surface area (Å²) in [5, 5.41) is 0. The summed E-state index contributed by atoms with van der Waals surface area (Å²) < 4.78 is 11.8. The van der Waals surface area contributed by atoms with Crippen molar-refractivity contribution in [2.75, 3.05) is 0 Å². The molecule has 0 amide bonds. The van der Waals surface area contributed by atoms with Gasteiger partial charge in [-0.2, -0.15) is 0 Å². The Labute approximate surface area is 148 Å². The summed E-state index contributed by atoms with van der Waals surface area (Å²) in [6.45, 7) is 8.79. The Kier molecular flexibility index (Phi) is 10.8. The maximum absolute atomic E-state index is 5.92. The molecule has 0 aromatic heterocycles. The van der Waals surface area contributed by atoms with Crippen LogP contribution >= 0.6 is 0 Å². The summed E-state index contributed by atoms with van der Waals surface area (Å²) >= 11 is 0. The minimum Gasteiger partial charge on any atom is -0.461 e. The van der Waals surface area contributed by atoms with Crippen molar-refractivity contribution in [3.8, 4) is 11.5 Å². The van der Waals surface area contributed by atoms with Crippen LogP contribution in [0.1, 0.15) is 79.1 Å². The molecule has 0 saturated carbocycles. The summed E-state index contributed by atoms with van der Waals surface area (Å²) in [6, 6.07) is 7.89. The highest BCUT2D eigenvalue weighted by molar-refractivity contribution is 5.40. The third-order valence-corrected chi connectivity index (χ3v) is 4.17. The molecule has 0 aliphatic carbocycles. The molecule has 0 atom stereocenters. The van der Waals surface area contributed by atoms with E-state index >= 15 is 0 Å². The molecule has 0 bridgehead atoms. The van der Waals surface area contributed by atoms with E-state index in [1.807, 2.05) is 36.8 Å². The highest BCUT2D eigenvalue weighted by atomic mass is 16.5. The molecular weight excluding hydrogens is 296 g/mol. The average molecular weight is 331 g/mol. The normalized spacial score (nSPS) is 12.3. The quantitative estimate of drug-likeness (QED) is 0.371. The first kappa shape index (κ1) is 20.3. The smallest absolute Gasteiger partial charge is 0.168 e. The second kappa shape index (κ2) is 12.7. The highest BCUT2D eigenvalue weighted by Gasteiger charge is 2.04. The van der Waals surface area contributed by atoms with Crippen molar-refractivity contribution in [3.63, 3.8) is 0 Å². The molecule has 134 valence electrons. The zero-order chi connectivity index (χ0) is 17.6. The largest absolute Gasteiger partial charge is 0.461 e. The zero-order valence-electron chi connectivity index (χ0n) is 15.9. The van der Waals surface area contributed by atoms with Crippen molar-refractivity contribution < 1.29 is 9.47 Å². The van der Waals surface area contributed by atoms with Crippen LogP contribution in [-0.4, -0.2) is 0 Å². The van der Waals surface area contributed by atoms with E-state index in [0.717, 1.165) is 37.2 Å². The molecule has 24 heavy (non-hydrogen) atoms. The van der Waals surface area contributed by atoms with Crippen LogP contribution in [0.4, 0.5) is 0 Å². The van der Waals surface area contributed by atoms with Gasteiger partial charge in [0.25, 0.3) is 0 Å². The van der Waals surface area contributed by atoms with Gasteiger partial charge in [-0.05, 0) is 61.8 Å². The van der Waals surface area contributed by atoms with Crippen LogP contribution in [0, 0.1) is 0 Å². The van der Waals surface area contributed by atoms with Crippen LogP contribution in [0.15, 0.2) is 47.9 Å². The van der Waals surface area contributed by atoms with Crippen LogP contribution in [-0.2, 0) is 0 Å². The third kappa shape index (κ3) is 7.72. The van der Waals surface area contributed by atoms with E-state index in [-0.39, 0.29) is 0 Å². The average Bonchev–Trinajstić information content (AvgIpc) is 2.63. The molecule has 2 heteroatoms. The second-order valence-corrected chi connectivity index (χ2v) is 6.15. The van der Waals surface area contributed by atoms with Crippen LogP contribution in [0.25, 0.3) is 0 Å². The van der Waals surface area contributed by atoms with Gasteiger partial charge in [-0.25, -0.2) is 0 Å². The Morgan fingerprint density at radius 2 is 1.17 bits per heavy atom. The molecule has 0 aliphatic heterocycles. The van der Waals surface area contributed by atoms with Gasteiger partial charge < -0.3 is 9.47 Å². The number of para-hydroxylation sites is 2. The van der Waals surface area contributed by atoms with E-state index < -0.39 is 0 Å². The Morgan fingerprint density at radius 3 is 1.50 bits per heavy atom. The number of ether oxygens (including phenoxy) is 2. The molecule has 1 aromatic rings. The number of rotatable bonds is 12. The monoisotopic (exact) mass is 330 g/mol. The fourth-order valence-corrected chi connectivity index (χ4v) is 2.38. The lowest BCUT2D eigenvalue weighted by Gasteiger charge is -2.10. The van der Waals surface area contributed by atoms with E-state index in [2.05, 4.69) is 27.7 Å². The van der Waals surface area contributed by atoms with Crippen molar-refractivity contribution >= 4 is 0 Å². The lowest BCUT2D eigenvalue weighted by molar-refractivity contribution is 0.408. The lowest BCUT2D eigenvalue weighted by Crippen LogP contribution is -1.93. The van der Waals surface area contributed by atoms with Gasteiger partial charge in [-0.15, -0.1) is 0 Å². The van der Waals surface area contributed by atoms with Gasteiger partial charge in [0.2, 0.25) is 0 Å². The molecule has 2 nitrogen and oxygen atoms in total. The zero-order valence-corrected chi connectivity index (χ0v) is 15.9. The Morgan fingerprint density at radius 1 is 0.750 bits per heavy atom. The van der Waals surface area contributed by atoms with E-state index in [1.54, 1.807) is 0 Å².